The van der Waals surface area contributed by atoms with Crippen LogP contribution >= 0.6 is 0 Å². The van der Waals surface area contributed by atoms with E-state index < -0.39 is 11.2 Å². The number of benzene rings is 1. The van der Waals surface area contributed by atoms with Crippen molar-refractivity contribution in [1.29, 1.82) is 0 Å². The molecular weight excluding hydrogens is 933 g/mol. The topological polar surface area (TPSA) is 176 Å². The normalized spacial score (nSPS) is 19.3. The molecule has 1 aromatic carbocycles. The Balaban J connectivity index is 0.000000199. The molecule has 402 valence electrons. The third-order valence-corrected chi connectivity index (χ3v) is 13.6. The van der Waals surface area contributed by atoms with Crippen molar-refractivity contribution in [2.24, 2.45) is 0 Å². The molecule has 73 heavy (non-hydrogen) atoms. The number of rotatable bonds is 14. The number of anilines is 2. The van der Waals surface area contributed by atoms with Gasteiger partial charge in [0.15, 0.2) is 0 Å². The molecule has 20 heteroatoms. The zero-order chi connectivity index (χ0) is 51.2. The van der Waals surface area contributed by atoms with Gasteiger partial charge in [0, 0.05) is 129 Å². The fourth-order valence-electron chi connectivity index (χ4n) is 9.80. The van der Waals surface area contributed by atoms with E-state index in [-0.39, 0.29) is 12.2 Å². The van der Waals surface area contributed by atoms with E-state index in [1.54, 1.807) is 9.80 Å². The highest BCUT2D eigenvalue weighted by atomic mass is 16.6. The number of morpholine rings is 2. The van der Waals surface area contributed by atoms with Crippen molar-refractivity contribution >= 4 is 23.8 Å². The minimum Gasteiger partial charge on any atom is -0.463 e. The van der Waals surface area contributed by atoms with Gasteiger partial charge in [-0.25, -0.2) is 9.59 Å². The molecule has 6 aliphatic heterocycles. The van der Waals surface area contributed by atoms with Crippen LogP contribution in [0.25, 0.3) is 0 Å². The molecule has 0 bridgehead atoms. The van der Waals surface area contributed by atoms with Crippen LogP contribution in [0.15, 0.2) is 30.3 Å². The smallest absolute Gasteiger partial charge is 0.410 e. The molecule has 0 unspecified atom stereocenters. The summed E-state index contributed by atoms with van der Waals surface area (Å²) in [6.07, 6.45) is 3.14. The first-order valence-corrected chi connectivity index (χ1v) is 26.8. The summed E-state index contributed by atoms with van der Waals surface area (Å²) < 4.78 is 34.1. The molecule has 8 heterocycles. The lowest BCUT2D eigenvalue weighted by Crippen LogP contribution is -2.50. The molecule has 6 aliphatic rings. The molecule has 2 aromatic heterocycles. The second-order valence-electron chi connectivity index (χ2n) is 21.6. The highest BCUT2D eigenvalue weighted by Gasteiger charge is 2.32. The predicted molar refractivity (Wildman–Crippen MR) is 279 cm³/mol. The fourth-order valence-corrected chi connectivity index (χ4v) is 9.80. The average Bonchev–Trinajstić information content (AvgIpc) is 3.38. The predicted octanol–water partition coefficient (Wildman–Crippen LogP) is 4.47. The zero-order valence-corrected chi connectivity index (χ0v) is 44.6. The number of amides is 2. The number of piperazine rings is 2. The van der Waals surface area contributed by atoms with Gasteiger partial charge in [0.1, 0.15) is 22.8 Å². The quantitative estimate of drug-likeness (QED) is 0.224. The Kier molecular flexibility index (Phi) is 19.2. The third-order valence-electron chi connectivity index (χ3n) is 13.6. The van der Waals surface area contributed by atoms with Gasteiger partial charge in [0.2, 0.25) is 0 Å². The minimum absolute atomic E-state index is 0.250. The second kappa shape index (κ2) is 25.9. The number of fused-ring (bicyclic) bond motifs is 2. The Bertz CT molecular complexity index is 2220. The van der Waals surface area contributed by atoms with E-state index in [1.807, 2.05) is 41.5 Å². The lowest BCUT2D eigenvalue weighted by molar-refractivity contribution is 0.0230. The molecular formula is C53H82N12O8. The van der Waals surface area contributed by atoms with Crippen molar-refractivity contribution in [2.75, 3.05) is 154 Å². The molecule has 1 N–H and O–H groups in total. The molecule has 0 aliphatic carbocycles. The first-order valence-electron chi connectivity index (χ1n) is 26.8. The van der Waals surface area contributed by atoms with E-state index in [0.717, 1.165) is 147 Å². The van der Waals surface area contributed by atoms with Crippen LogP contribution in [-0.2, 0) is 51.4 Å². The highest BCUT2D eigenvalue weighted by Crippen LogP contribution is 2.31. The summed E-state index contributed by atoms with van der Waals surface area (Å²) in [5, 5.41) is 3.40. The van der Waals surface area contributed by atoms with E-state index >= 15 is 0 Å². The number of hydrogen-bond donors (Lipinski definition) is 1. The maximum absolute atomic E-state index is 12.6. The molecule has 0 atom stereocenters. The summed E-state index contributed by atoms with van der Waals surface area (Å²) in [5.41, 5.74) is 4.78. The van der Waals surface area contributed by atoms with Gasteiger partial charge in [-0.3, -0.25) is 14.7 Å². The molecule has 0 spiro atoms. The van der Waals surface area contributed by atoms with Gasteiger partial charge in [0.05, 0.1) is 51.0 Å². The Hall–Kier alpha value is -5.12. The van der Waals surface area contributed by atoms with Crippen molar-refractivity contribution < 1.29 is 38.0 Å². The van der Waals surface area contributed by atoms with Crippen LogP contribution in [0.1, 0.15) is 82.5 Å². The molecule has 4 saturated heterocycles. The van der Waals surface area contributed by atoms with Gasteiger partial charge in [-0.05, 0) is 79.3 Å². The van der Waals surface area contributed by atoms with Crippen molar-refractivity contribution in [2.45, 2.75) is 98.1 Å². The summed E-state index contributed by atoms with van der Waals surface area (Å²) in [5.74, 6) is 1.91. The number of carbonyl (C=O) groups excluding carboxylic acids is 2. The van der Waals surface area contributed by atoms with Crippen LogP contribution in [0.4, 0.5) is 21.2 Å². The molecule has 4 fully saturated rings. The Morgan fingerprint density at radius 1 is 0.575 bits per heavy atom. The van der Waals surface area contributed by atoms with E-state index in [2.05, 4.69) is 60.1 Å². The van der Waals surface area contributed by atoms with Crippen molar-refractivity contribution in [3.8, 4) is 12.0 Å². The summed E-state index contributed by atoms with van der Waals surface area (Å²) in [4.78, 5) is 59.8. The Morgan fingerprint density at radius 2 is 1.05 bits per heavy atom. The number of nitrogens with one attached hydrogen (secondary N) is 1. The number of carbonyl (C=O) groups is 2. The van der Waals surface area contributed by atoms with Crippen molar-refractivity contribution in [3.63, 3.8) is 0 Å². The Labute approximate surface area is 433 Å². The van der Waals surface area contributed by atoms with Gasteiger partial charge in [-0.2, -0.15) is 19.9 Å². The van der Waals surface area contributed by atoms with Crippen LogP contribution in [0.2, 0.25) is 0 Å². The number of nitrogens with zero attached hydrogens (tertiary/aromatic N) is 11. The van der Waals surface area contributed by atoms with Crippen LogP contribution in [0.3, 0.4) is 0 Å². The van der Waals surface area contributed by atoms with E-state index in [1.165, 1.54) is 16.7 Å². The third kappa shape index (κ3) is 16.4. The van der Waals surface area contributed by atoms with Gasteiger partial charge in [-0.1, -0.05) is 30.3 Å². The van der Waals surface area contributed by atoms with E-state index in [0.29, 0.717) is 77.6 Å². The summed E-state index contributed by atoms with van der Waals surface area (Å²) >= 11 is 0. The van der Waals surface area contributed by atoms with Gasteiger partial charge >= 0.3 is 24.2 Å². The molecule has 0 radical (unpaired) electrons. The van der Waals surface area contributed by atoms with E-state index in [9.17, 15) is 9.59 Å². The lowest BCUT2D eigenvalue weighted by atomic mass is 10.0. The second-order valence-corrected chi connectivity index (χ2v) is 21.6. The standard InChI is InChI=1S/C30H44N6O4.C23H38N6O4/c1-30(2,3)40-29(37)36-15-13-35(14-16-36)27-25-10-12-34(22-24-8-5-4-6-9-24)23-26(25)31-28(32-27)39-19-7-11-33-17-20-38-21-18-33;1-23(2,3)33-22(30)29-10-8-28(9-11-29)20-18-5-6-24-17-19(18)25-21(26-20)32-14-4-7-27-12-15-31-16-13-27/h4-6,8-9H,7,10-23H2,1-3H3;24H,4-17H2,1-3H3. The average molecular weight is 1020 g/mol. The van der Waals surface area contributed by atoms with Crippen LogP contribution < -0.4 is 24.6 Å². The van der Waals surface area contributed by atoms with Crippen LogP contribution in [0, 0.1) is 0 Å². The number of ether oxygens (including phenoxy) is 6. The maximum atomic E-state index is 12.6. The van der Waals surface area contributed by atoms with Crippen LogP contribution in [-0.4, -0.2) is 212 Å². The SMILES string of the molecule is CC(C)(C)OC(=O)N1CCN(c2nc(OCCCN3CCOCC3)nc3c2CCN(Cc2ccccc2)C3)CC1.CC(C)(C)OC(=O)N1CCN(c2nc(OCCCN3CCOCC3)nc3c2CCNC3)CC1. The molecule has 0 saturated carbocycles. The molecule has 9 rings (SSSR count). The number of hydrogen-bond acceptors (Lipinski definition) is 18. The van der Waals surface area contributed by atoms with Crippen molar-refractivity contribution in [1.82, 2.24) is 49.8 Å². The molecule has 3 aromatic rings. The summed E-state index contributed by atoms with van der Waals surface area (Å²) in [6.45, 7) is 31.2. The van der Waals surface area contributed by atoms with Crippen LogP contribution in [0.5, 0.6) is 12.0 Å². The van der Waals surface area contributed by atoms with Gasteiger partial charge in [0.25, 0.3) is 0 Å². The highest BCUT2D eigenvalue weighted by molar-refractivity contribution is 5.69. The monoisotopic (exact) mass is 1010 g/mol. The zero-order valence-electron chi connectivity index (χ0n) is 44.6. The minimum atomic E-state index is -0.500. The first kappa shape index (κ1) is 54.2. The number of aromatic nitrogens is 4. The van der Waals surface area contributed by atoms with Crippen molar-refractivity contribution in [3.05, 3.63) is 58.4 Å². The van der Waals surface area contributed by atoms with E-state index in [4.69, 9.17) is 48.4 Å². The maximum Gasteiger partial charge on any atom is 0.410 e. The van der Waals surface area contributed by atoms with Gasteiger partial charge < -0.3 is 53.3 Å². The van der Waals surface area contributed by atoms with Gasteiger partial charge in [-0.15, -0.1) is 0 Å². The summed E-state index contributed by atoms with van der Waals surface area (Å²) in [6, 6.07) is 11.5. The summed E-state index contributed by atoms with van der Waals surface area (Å²) in [7, 11) is 0. The Morgan fingerprint density at radius 3 is 1.55 bits per heavy atom. The fraction of sp³-hybridized carbons (Fsp3) is 0.698. The first-order chi connectivity index (χ1) is 35.2. The largest absolute Gasteiger partial charge is 0.463 e. The lowest BCUT2D eigenvalue weighted by Gasteiger charge is -2.38. The molecule has 2 amide bonds. The molecule has 20 nitrogen and oxygen atoms in total.